The molecule has 1 heterocycles. The summed E-state index contributed by atoms with van der Waals surface area (Å²) in [4.78, 5) is 23.6. The van der Waals surface area contributed by atoms with Crippen LogP contribution in [0.25, 0.3) is 0 Å². The van der Waals surface area contributed by atoms with E-state index in [4.69, 9.17) is 23.2 Å². The van der Waals surface area contributed by atoms with Gasteiger partial charge in [0.1, 0.15) is 10.8 Å². The third kappa shape index (κ3) is 3.22. The number of aromatic nitrogens is 1. The van der Waals surface area contributed by atoms with Crippen LogP contribution in [-0.2, 0) is 6.54 Å². The quantitative estimate of drug-likeness (QED) is 0.817. The van der Waals surface area contributed by atoms with E-state index in [-0.39, 0.29) is 22.4 Å². The Morgan fingerprint density at radius 2 is 1.84 bits per heavy atom. The van der Waals surface area contributed by atoms with Gasteiger partial charge in [0.25, 0.3) is 5.56 Å². The third-order valence-electron chi connectivity index (χ3n) is 2.49. The van der Waals surface area contributed by atoms with Crippen molar-refractivity contribution in [1.82, 2.24) is 4.57 Å². The second kappa shape index (κ2) is 5.55. The van der Waals surface area contributed by atoms with Gasteiger partial charge in [-0.25, -0.2) is 4.39 Å². The summed E-state index contributed by atoms with van der Waals surface area (Å²) < 4.78 is 13.9. The van der Waals surface area contributed by atoms with E-state index in [1.54, 1.807) is 0 Å². The predicted molar refractivity (Wildman–Crippen MR) is 71.5 cm³/mol. The number of carbonyl (C=O) groups excluding carboxylic acids is 1. The molecule has 0 aliphatic carbocycles. The summed E-state index contributed by atoms with van der Waals surface area (Å²) in [5, 5.41) is 0.205. The zero-order valence-corrected chi connectivity index (χ0v) is 11.1. The van der Waals surface area contributed by atoms with Crippen molar-refractivity contribution < 1.29 is 9.18 Å². The lowest BCUT2D eigenvalue weighted by Crippen LogP contribution is -2.24. The first kappa shape index (κ1) is 13.8. The highest BCUT2D eigenvalue weighted by Crippen LogP contribution is 2.12. The number of ketones is 1. The van der Waals surface area contributed by atoms with E-state index < -0.39 is 11.4 Å². The van der Waals surface area contributed by atoms with Crippen molar-refractivity contribution in [2.45, 2.75) is 6.54 Å². The first-order chi connectivity index (χ1) is 8.97. The molecule has 0 radical (unpaired) electrons. The van der Waals surface area contributed by atoms with Crippen molar-refractivity contribution >= 4 is 29.0 Å². The SMILES string of the molecule is O=C(Cn1cc(Cl)cc(Cl)c1=O)c1ccc(F)cc1. The molecule has 98 valence electrons. The normalized spacial score (nSPS) is 10.5. The van der Waals surface area contributed by atoms with Gasteiger partial charge >= 0.3 is 0 Å². The highest BCUT2D eigenvalue weighted by molar-refractivity contribution is 6.34. The van der Waals surface area contributed by atoms with E-state index in [0.29, 0.717) is 5.56 Å². The van der Waals surface area contributed by atoms with E-state index in [1.165, 1.54) is 36.5 Å². The number of hydrogen-bond acceptors (Lipinski definition) is 2. The van der Waals surface area contributed by atoms with E-state index in [9.17, 15) is 14.0 Å². The Kier molecular flexibility index (Phi) is 4.02. The molecule has 3 nitrogen and oxygen atoms in total. The van der Waals surface area contributed by atoms with Crippen molar-refractivity contribution in [1.29, 1.82) is 0 Å². The molecule has 0 bridgehead atoms. The lowest BCUT2D eigenvalue weighted by Gasteiger charge is -2.06. The van der Waals surface area contributed by atoms with Gasteiger partial charge in [0.15, 0.2) is 5.78 Å². The molecule has 0 saturated heterocycles. The van der Waals surface area contributed by atoms with Crippen LogP contribution in [0.15, 0.2) is 41.3 Å². The van der Waals surface area contributed by atoms with Crippen molar-refractivity contribution in [3.8, 4) is 0 Å². The number of nitrogens with zero attached hydrogens (tertiary/aromatic N) is 1. The van der Waals surface area contributed by atoms with E-state index in [1.807, 2.05) is 0 Å². The van der Waals surface area contributed by atoms with Gasteiger partial charge in [0.2, 0.25) is 0 Å². The fraction of sp³-hybridized carbons (Fsp3) is 0.0769. The number of hydrogen-bond donors (Lipinski definition) is 0. The first-order valence-electron chi connectivity index (χ1n) is 5.31. The monoisotopic (exact) mass is 299 g/mol. The van der Waals surface area contributed by atoms with E-state index in [0.717, 1.165) is 4.57 Å². The van der Waals surface area contributed by atoms with Crippen molar-refractivity contribution in [2.75, 3.05) is 0 Å². The van der Waals surface area contributed by atoms with Crippen LogP contribution in [0.1, 0.15) is 10.4 Å². The van der Waals surface area contributed by atoms with Gasteiger partial charge in [-0.05, 0) is 30.3 Å². The van der Waals surface area contributed by atoms with Gasteiger partial charge in [-0.2, -0.15) is 0 Å². The van der Waals surface area contributed by atoms with Crippen LogP contribution in [0.4, 0.5) is 4.39 Å². The molecule has 0 aliphatic heterocycles. The average Bonchev–Trinajstić information content (AvgIpc) is 2.36. The second-order valence-corrected chi connectivity index (χ2v) is 4.71. The summed E-state index contributed by atoms with van der Waals surface area (Å²) >= 11 is 11.5. The van der Waals surface area contributed by atoms with Crippen LogP contribution >= 0.6 is 23.2 Å². The van der Waals surface area contributed by atoms with Crippen LogP contribution < -0.4 is 5.56 Å². The Bertz CT molecular complexity index is 680. The maximum Gasteiger partial charge on any atom is 0.269 e. The number of benzene rings is 1. The van der Waals surface area contributed by atoms with E-state index in [2.05, 4.69) is 0 Å². The summed E-state index contributed by atoms with van der Waals surface area (Å²) in [5.41, 5.74) is -0.189. The number of rotatable bonds is 3. The van der Waals surface area contributed by atoms with Gasteiger partial charge in [0.05, 0.1) is 11.6 Å². The third-order valence-corrected chi connectivity index (χ3v) is 2.97. The number of pyridine rings is 1. The summed E-state index contributed by atoms with van der Waals surface area (Å²) in [6.45, 7) is -0.204. The Hall–Kier alpha value is -1.65. The molecule has 6 heteroatoms. The standard InChI is InChI=1S/C13H8Cl2FNO2/c14-9-5-11(15)13(19)17(6-9)7-12(18)8-1-3-10(16)4-2-8/h1-6H,7H2. The summed E-state index contributed by atoms with van der Waals surface area (Å²) in [7, 11) is 0. The molecule has 0 amide bonds. The van der Waals surface area contributed by atoms with Crippen LogP contribution in [-0.4, -0.2) is 10.4 Å². The zero-order valence-electron chi connectivity index (χ0n) is 9.57. The summed E-state index contributed by atoms with van der Waals surface area (Å²) in [6, 6.07) is 6.38. The fourth-order valence-corrected chi connectivity index (χ4v) is 2.07. The van der Waals surface area contributed by atoms with Gasteiger partial charge in [-0.3, -0.25) is 9.59 Å². The minimum Gasteiger partial charge on any atom is -0.305 e. The molecule has 19 heavy (non-hydrogen) atoms. The molecular formula is C13H8Cl2FNO2. The average molecular weight is 300 g/mol. The molecular weight excluding hydrogens is 292 g/mol. The number of carbonyl (C=O) groups is 1. The van der Waals surface area contributed by atoms with Gasteiger partial charge in [-0.15, -0.1) is 0 Å². The molecule has 0 saturated carbocycles. The molecule has 0 spiro atoms. The largest absolute Gasteiger partial charge is 0.305 e. The van der Waals surface area contributed by atoms with Gasteiger partial charge in [-0.1, -0.05) is 23.2 Å². The first-order valence-corrected chi connectivity index (χ1v) is 6.07. The van der Waals surface area contributed by atoms with Crippen LogP contribution in [0.2, 0.25) is 10.0 Å². The smallest absolute Gasteiger partial charge is 0.269 e. The second-order valence-electron chi connectivity index (χ2n) is 3.87. The molecule has 0 fully saturated rings. The van der Waals surface area contributed by atoms with Crippen molar-refractivity contribution in [3.05, 3.63) is 68.3 Å². The zero-order chi connectivity index (χ0) is 14.0. The van der Waals surface area contributed by atoms with E-state index >= 15 is 0 Å². The number of Topliss-reactive ketones (excluding diaryl/α,β-unsaturated/α-hetero) is 1. The topological polar surface area (TPSA) is 39.1 Å². The Morgan fingerprint density at radius 3 is 2.47 bits per heavy atom. The molecule has 1 aromatic carbocycles. The fourth-order valence-electron chi connectivity index (χ4n) is 1.56. The van der Waals surface area contributed by atoms with Gasteiger partial charge < -0.3 is 4.57 Å². The van der Waals surface area contributed by atoms with Crippen LogP contribution in [0, 0.1) is 5.82 Å². The van der Waals surface area contributed by atoms with Crippen molar-refractivity contribution in [3.63, 3.8) is 0 Å². The van der Waals surface area contributed by atoms with Crippen LogP contribution in [0.5, 0.6) is 0 Å². The maximum atomic E-state index is 12.7. The minimum absolute atomic E-state index is 0.0561. The lowest BCUT2D eigenvalue weighted by molar-refractivity contribution is 0.0971. The van der Waals surface area contributed by atoms with Gasteiger partial charge in [0, 0.05) is 11.8 Å². The lowest BCUT2D eigenvalue weighted by atomic mass is 10.1. The summed E-state index contributed by atoms with van der Waals surface area (Å²) in [6.07, 6.45) is 1.33. The molecule has 1 aromatic heterocycles. The molecule has 0 atom stereocenters. The Labute approximate surface area is 118 Å². The Balaban J connectivity index is 2.29. The molecule has 0 aliphatic rings. The molecule has 0 unspecified atom stereocenters. The predicted octanol–water partition coefficient (Wildman–Crippen LogP) is 3.18. The van der Waals surface area contributed by atoms with Crippen molar-refractivity contribution in [2.24, 2.45) is 0 Å². The molecule has 2 aromatic rings. The summed E-state index contributed by atoms with van der Waals surface area (Å²) in [5.74, 6) is -0.764. The minimum atomic E-state index is -0.499. The van der Waals surface area contributed by atoms with Crippen LogP contribution in [0.3, 0.4) is 0 Å². The highest BCUT2D eigenvalue weighted by Gasteiger charge is 2.10. The highest BCUT2D eigenvalue weighted by atomic mass is 35.5. The molecule has 2 rings (SSSR count). The Morgan fingerprint density at radius 1 is 1.21 bits per heavy atom. The molecule has 0 N–H and O–H groups in total. The number of halogens is 3. The maximum absolute atomic E-state index is 12.7.